The van der Waals surface area contributed by atoms with Crippen LogP contribution in [0.15, 0.2) is 10.6 Å². The minimum absolute atomic E-state index is 0.164. The zero-order valence-electron chi connectivity index (χ0n) is 9.91. The lowest BCUT2D eigenvalue weighted by molar-refractivity contribution is -0.119. The number of morpholine rings is 1. The summed E-state index contributed by atoms with van der Waals surface area (Å²) in [6, 6.07) is 0. The second-order valence-electron chi connectivity index (χ2n) is 3.60. The minimum atomic E-state index is -0.164. The Bertz CT molecular complexity index is 303. The first kappa shape index (κ1) is 13.3. The molecule has 0 aromatic heterocycles. The maximum Gasteiger partial charge on any atom is 0.166 e. The molecule has 0 spiro atoms. The van der Waals surface area contributed by atoms with Crippen LogP contribution in [0, 0.1) is 0 Å². The van der Waals surface area contributed by atoms with Gasteiger partial charge in [0.25, 0.3) is 0 Å². The van der Waals surface area contributed by atoms with Crippen LogP contribution in [-0.4, -0.2) is 49.0 Å². The van der Waals surface area contributed by atoms with E-state index in [1.54, 1.807) is 0 Å². The van der Waals surface area contributed by atoms with Gasteiger partial charge in [0.2, 0.25) is 0 Å². The van der Waals surface area contributed by atoms with Crippen molar-refractivity contribution in [3.05, 3.63) is 10.6 Å². The second kappa shape index (κ2) is 6.06. The predicted molar refractivity (Wildman–Crippen MR) is 64.3 cm³/mol. The van der Waals surface area contributed by atoms with Crippen molar-refractivity contribution in [2.45, 2.75) is 13.8 Å². The van der Waals surface area contributed by atoms with Crippen molar-refractivity contribution < 1.29 is 14.3 Å². The van der Waals surface area contributed by atoms with Gasteiger partial charge in [0, 0.05) is 13.1 Å². The number of thioether (sulfide) groups is 1. The molecule has 16 heavy (non-hydrogen) atoms. The summed E-state index contributed by atoms with van der Waals surface area (Å²) in [6.07, 6.45) is 1.89. The highest BCUT2D eigenvalue weighted by atomic mass is 32.2. The topological polar surface area (TPSA) is 46.6 Å². The van der Waals surface area contributed by atoms with Crippen LogP contribution in [0.25, 0.3) is 0 Å². The number of carbonyl (C=O) groups is 2. The van der Waals surface area contributed by atoms with Gasteiger partial charge in [0.1, 0.15) is 0 Å². The molecule has 1 heterocycles. The number of rotatable bonds is 4. The van der Waals surface area contributed by atoms with Crippen molar-refractivity contribution in [2.75, 3.05) is 32.6 Å². The first-order valence-corrected chi connectivity index (χ1v) is 6.43. The van der Waals surface area contributed by atoms with Gasteiger partial charge < -0.3 is 9.64 Å². The van der Waals surface area contributed by atoms with Crippen molar-refractivity contribution in [3.63, 3.8) is 0 Å². The average molecular weight is 243 g/mol. The molecule has 0 N–H and O–H groups in total. The van der Waals surface area contributed by atoms with Gasteiger partial charge in [-0.25, -0.2) is 0 Å². The first-order valence-electron chi connectivity index (χ1n) is 5.20. The Morgan fingerprint density at radius 3 is 2.00 bits per heavy atom. The number of Topliss-reactive ketones (excluding diaryl/α,β-unsaturated/α-hetero) is 2. The van der Waals surface area contributed by atoms with Gasteiger partial charge in [-0.2, -0.15) is 0 Å². The number of hydrogen-bond acceptors (Lipinski definition) is 5. The molecule has 0 aromatic carbocycles. The molecule has 1 aliphatic heterocycles. The quantitative estimate of drug-likeness (QED) is 0.420. The SMILES string of the molecule is CSC(=C(C(C)=O)C(C)=O)N1CCOCC1. The summed E-state index contributed by atoms with van der Waals surface area (Å²) in [5, 5.41) is 0.781. The van der Waals surface area contributed by atoms with Crippen LogP contribution in [0.3, 0.4) is 0 Å². The average Bonchev–Trinajstić information content (AvgIpc) is 2.25. The summed E-state index contributed by atoms with van der Waals surface area (Å²) in [7, 11) is 0. The largest absolute Gasteiger partial charge is 0.378 e. The van der Waals surface area contributed by atoms with E-state index in [0.717, 1.165) is 18.1 Å². The third-order valence-electron chi connectivity index (χ3n) is 2.41. The summed E-state index contributed by atoms with van der Waals surface area (Å²) in [5.74, 6) is -0.327. The molecule has 0 aromatic rings. The number of ether oxygens (including phenoxy) is 1. The first-order chi connectivity index (χ1) is 7.57. The lowest BCUT2D eigenvalue weighted by Gasteiger charge is -2.31. The summed E-state index contributed by atoms with van der Waals surface area (Å²) < 4.78 is 5.25. The molecule has 1 fully saturated rings. The van der Waals surface area contributed by atoms with Gasteiger partial charge in [-0.1, -0.05) is 0 Å². The summed E-state index contributed by atoms with van der Waals surface area (Å²) in [4.78, 5) is 25.0. The lowest BCUT2D eigenvalue weighted by Crippen LogP contribution is -2.36. The maximum atomic E-state index is 11.5. The molecule has 0 saturated carbocycles. The van der Waals surface area contributed by atoms with E-state index in [2.05, 4.69) is 0 Å². The van der Waals surface area contributed by atoms with Gasteiger partial charge in [-0.3, -0.25) is 9.59 Å². The van der Waals surface area contributed by atoms with Crippen molar-refractivity contribution in [1.29, 1.82) is 0 Å². The zero-order chi connectivity index (χ0) is 12.1. The molecule has 1 saturated heterocycles. The van der Waals surface area contributed by atoms with Gasteiger partial charge >= 0.3 is 0 Å². The Balaban J connectivity index is 3.03. The van der Waals surface area contributed by atoms with E-state index in [9.17, 15) is 9.59 Å². The fourth-order valence-electron chi connectivity index (χ4n) is 1.70. The van der Waals surface area contributed by atoms with E-state index in [1.165, 1.54) is 25.6 Å². The van der Waals surface area contributed by atoms with Crippen LogP contribution in [-0.2, 0) is 14.3 Å². The van der Waals surface area contributed by atoms with Crippen LogP contribution in [0.1, 0.15) is 13.8 Å². The third-order valence-corrected chi connectivity index (χ3v) is 3.26. The molecule has 0 bridgehead atoms. The number of hydrogen-bond donors (Lipinski definition) is 0. The van der Waals surface area contributed by atoms with Gasteiger partial charge in [0.15, 0.2) is 11.6 Å². The molecule has 0 aliphatic carbocycles. The maximum absolute atomic E-state index is 11.5. The zero-order valence-corrected chi connectivity index (χ0v) is 10.7. The highest BCUT2D eigenvalue weighted by Gasteiger charge is 2.22. The molecule has 4 nitrogen and oxygen atoms in total. The van der Waals surface area contributed by atoms with Crippen LogP contribution in [0.5, 0.6) is 0 Å². The molecule has 1 aliphatic rings. The standard InChI is InChI=1S/C11H17NO3S/c1-8(13)10(9(2)14)11(16-3)12-4-6-15-7-5-12/h4-7H2,1-3H3. The lowest BCUT2D eigenvalue weighted by atomic mass is 10.1. The van der Waals surface area contributed by atoms with Crippen molar-refractivity contribution in [2.24, 2.45) is 0 Å². The molecule has 0 amide bonds. The van der Waals surface area contributed by atoms with Crippen molar-refractivity contribution >= 4 is 23.3 Å². The normalized spacial score (nSPS) is 15.8. The minimum Gasteiger partial charge on any atom is -0.378 e. The summed E-state index contributed by atoms with van der Waals surface area (Å²) in [6.45, 7) is 5.64. The second-order valence-corrected chi connectivity index (χ2v) is 4.39. The Hall–Kier alpha value is -0.810. The number of allylic oxidation sites excluding steroid dienone is 1. The van der Waals surface area contributed by atoms with E-state index in [4.69, 9.17) is 4.74 Å². The van der Waals surface area contributed by atoms with Gasteiger partial charge in [0.05, 0.1) is 23.8 Å². The van der Waals surface area contributed by atoms with E-state index >= 15 is 0 Å². The number of carbonyl (C=O) groups excluding carboxylic acids is 2. The van der Waals surface area contributed by atoms with Gasteiger partial charge in [-0.15, -0.1) is 11.8 Å². The van der Waals surface area contributed by atoms with Crippen LogP contribution in [0.2, 0.25) is 0 Å². The monoisotopic (exact) mass is 243 g/mol. The Morgan fingerprint density at radius 1 is 1.12 bits per heavy atom. The van der Waals surface area contributed by atoms with E-state index in [0.29, 0.717) is 18.8 Å². The molecular formula is C11H17NO3S. The molecule has 0 unspecified atom stereocenters. The third kappa shape index (κ3) is 3.09. The molecular weight excluding hydrogens is 226 g/mol. The summed E-state index contributed by atoms with van der Waals surface area (Å²) >= 11 is 1.45. The number of nitrogens with zero attached hydrogens (tertiary/aromatic N) is 1. The molecule has 0 atom stereocenters. The smallest absolute Gasteiger partial charge is 0.166 e. The van der Waals surface area contributed by atoms with Gasteiger partial charge in [-0.05, 0) is 20.1 Å². The molecule has 0 radical (unpaired) electrons. The van der Waals surface area contributed by atoms with Crippen LogP contribution >= 0.6 is 11.8 Å². The Morgan fingerprint density at radius 2 is 1.62 bits per heavy atom. The highest BCUT2D eigenvalue weighted by Crippen LogP contribution is 2.24. The van der Waals surface area contributed by atoms with Crippen molar-refractivity contribution in [3.8, 4) is 0 Å². The Kier molecular flexibility index (Phi) is 5.02. The molecule has 5 heteroatoms. The highest BCUT2D eigenvalue weighted by molar-refractivity contribution is 8.02. The number of ketones is 2. The fraction of sp³-hybridized carbons (Fsp3) is 0.636. The predicted octanol–water partition coefficient (Wildman–Crippen LogP) is 1.07. The van der Waals surface area contributed by atoms with Crippen molar-refractivity contribution in [1.82, 2.24) is 4.90 Å². The van der Waals surface area contributed by atoms with E-state index in [1.807, 2.05) is 11.2 Å². The molecule has 90 valence electrons. The Labute approximate surface area is 100 Å². The van der Waals surface area contributed by atoms with Crippen LogP contribution < -0.4 is 0 Å². The molecule has 1 rings (SSSR count). The van der Waals surface area contributed by atoms with E-state index in [-0.39, 0.29) is 11.6 Å². The van der Waals surface area contributed by atoms with E-state index < -0.39 is 0 Å². The summed E-state index contributed by atoms with van der Waals surface area (Å²) in [5.41, 5.74) is 0.314. The fourth-order valence-corrected chi connectivity index (χ4v) is 2.64. The van der Waals surface area contributed by atoms with Crippen LogP contribution in [0.4, 0.5) is 0 Å².